The van der Waals surface area contributed by atoms with Crippen molar-refractivity contribution in [3.05, 3.63) is 255 Å². The molecule has 63 heavy (non-hydrogen) atoms. The maximum atomic E-state index is 2.54. The van der Waals surface area contributed by atoms with Gasteiger partial charge in [0.15, 0.2) is 8.07 Å². The van der Waals surface area contributed by atoms with Crippen LogP contribution in [0.2, 0.25) is 0 Å². The van der Waals surface area contributed by atoms with Crippen LogP contribution in [0.1, 0.15) is 0 Å². The van der Waals surface area contributed by atoms with Crippen molar-refractivity contribution in [2.24, 2.45) is 0 Å². The average Bonchev–Trinajstić information content (AvgIpc) is 3.89. The lowest BCUT2D eigenvalue weighted by atomic mass is 10.1. The van der Waals surface area contributed by atoms with E-state index in [0.29, 0.717) is 0 Å². The summed E-state index contributed by atoms with van der Waals surface area (Å²) in [5.74, 6) is 0. The molecular formula is C60H42N2Si. The molecule has 0 N–H and O–H groups in total. The number of hydrogen-bond acceptors (Lipinski definition) is 0. The van der Waals surface area contributed by atoms with Crippen molar-refractivity contribution in [3.8, 4) is 33.6 Å². The zero-order valence-corrected chi connectivity index (χ0v) is 35.6. The lowest BCUT2D eigenvalue weighted by molar-refractivity contribution is 1.13. The topological polar surface area (TPSA) is 9.86 Å². The summed E-state index contributed by atoms with van der Waals surface area (Å²) in [5, 5.41) is 10.4. The summed E-state index contributed by atoms with van der Waals surface area (Å²) in [6.07, 6.45) is 0. The SMILES string of the molecule is c1ccc(-c2ccc([Si](c3ccccc3)(c3ccccc3)c3cccc4c3c3ccccc3n4-c3cccc4c5ccccc5n(-c5cccc(-c6ccccc6)c5)c34)cc2)cc1. The van der Waals surface area contributed by atoms with Crippen LogP contribution in [0.25, 0.3) is 77.2 Å². The third-order valence-electron chi connectivity index (χ3n) is 13.1. The third kappa shape index (κ3) is 5.85. The van der Waals surface area contributed by atoms with Crippen molar-refractivity contribution in [2.45, 2.75) is 0 Å². The summed E-state index contributed by atoms with van der Waals surface area (Å²) >= 11 is 0. The van der Waals surface area contributed by atoms with E-state index < -0.39 is 8.07 Å². The molecule has 0 aliphatic carbocycles. The van der Waals surface area contributed by atoms with Crippen LogP contribution >= 0.6 is 0 Å². The quantitative estimate of drug-likeness (QED) is 0.107. The van der Waals surface area contributed by atoms with Crippen molar-refractivity contribution >= 4 is 72.4 Å². The Morgan fingerprint density at radius 2 is 0.746 bits per heavy atom. The molecule has 0 unspecified atom stereocenters. The van der Waals surface area contributed by atoms with Gasteiger partial charge in [0, 0.05) is 27.2 Å². The van der Waals surface area contributed by atoms with E-state index in [1.54, 1.807) is 0 Å². The maximum absolute atomic E-state index is 2.99. The number of benzene rings is 10. The first-order chi connectivity index (χ1) is 31.3. The minimum absolute atomic E-state index is 1.13. The van der Waals surface area contributed by atoms with E-state index in [1.807, 2.05) is 0 Å². The van der Waals surface area contributed by atoms with E-state index in [4.69, 9.17) is 0 Å². The molecule has 2 aromatic heterocycles. The number of aromatic nitrogens is 2. The molecule has 0 bridgehead atoms. The monoisotopic (exact) mass is 818 g/mol. The van der Waals surface area contributed by atoms with Crippen LogP contribution in [0.4, 0.5) is 0 Å². The van der Waals surface area contributed by atoms with Gasteiger partial charge >= 0.3 is 0 Å². The van der Waals surface area contributed by atoms with Gasteiger partial charge in [0.2, 0.25) is 0 Å². The van der Waals surface area contributed by atoms with Gasteiger partial charge in [-0.25, -0.2) is 0 Å². The predicted octanol–water partition coefficient (Wildman–Crippen LogP) is 12.6. The number of fused-ring (bicyclic) bond motifs is 6. The molecule has 0 spiro atoms. The highest BCUT2D eigenvalue weighted by Crippen LogP contribution is 2.40. The molecule has 10 aromatic carbocycles. The van der Waals surface area contributed by atoms with Gasteiger partial charge in [-0.1, -0.05) is 218 Å². The van der Waals surface area contributed by atoms with Crippen LogP contribution in [0.3, 0.4) is 0 Å². The second-order valence-electron chi connectivity index (χ2n) is 16.4. The molecule has 0 amide bonds. The van der Waals surface area contributed by atoms with Gasteiger partial charge in [-0.2, -0.15) is 0 Å². The second kappa shape index (κ2) is 15.2. The van der Waals surface area contributed by atoms with E-state index in [2.05, 4.69) is 264 Å². The van der Waals surface area contributed by atoms with Gasteiger partial charge in [0.1, 0.15) is 0 Å². The van der Waals surface area contributed by atoms with Crippen LogP contribution in [0.5, 0.6) is 0 Å². The summed E-state index contributed by atoms with van der Waals surface area (Å²) in [6.45, 7) is 0. The Morgan fingerprint density at radius 3 is 1.41 bits per heavy atom. The Labute approximate surface area is 368 Å². The van der Waals surface area contributed by atoms with Crippen LogP contribution in [-0.2, 0) is 0 Å². The third-order valence-corrected chi connectivity index (χ3v) is 17.9. The molecular weight excluding hydrogens is 777 g/mol. The van der Waals surface area contributed by atoms with Gasteiger partial charge in [-0.05, 0) is 79.4 Å². The molecule has 0 atom stereocenters. The summed E-state index contributed by atoms with van der Waals surface area (Å²) in [7, 11) is -2.99. The van der Waals surface area contributed by atoms with Gasteiger partial charge < -0.3 is 9.13 Å². The van der Waals surface area contributed by atoms with Crippen molar-refractivity contribution < 1.29 is 0 Å². The Morgan fingerprint density at radius 1 is 0.286 bits per heavy atom. The largest absolute Gasteiger partial charge is 0.307 e. The highest BCUT2D eigenvalue weighted by molar-refractivity contribution is 7.20. The normalized spacial score (nSPS) is 11.8. The highest BCUT2D eigenvalue weighted by Gasteiger charge is 2.43. The number of hydrogen-bond donors (Lipinski definition) is 0. The van der Waals surface area contributed by atoms with E-state index in [1.165, 1.54) is 86.6 Å². The van der Waals surface area contributed by atoms with Gasteiger partial charge in [-0.15, -0.1) is 0 Å². The van der Waals surface area contributed by atoms with Crippen molar-refractivity contribution in [3.63, 3.8) is 0 Å². The standard InChI is InChI=1S/C60H42N2Si/c1-5-20-43(21-6-1)45-38-40-50(41-39-45)63(48-26-9-3-10-27-48,49-28-11-4-12-29-49)58-37-19-35-56-59(58)53-31-14-16-34-55(53)62(56)57-36-18-32-52-51-30-13-15-33-54(51)61(60(52)57)47-25-17-24-46(42-47)44-22-7-2-8-23-44/h1-42H. The van der Waals surface area contributed by atoms with E-state index in [9.17, 15) is 0 Å². The first-order valence-corrected chi connectivity index (χ1v) is 23.8. The fourth-order valence-electron chi connectivity index (χ4n) is 10.4. The number of para-hydroxylation sites is 3. The Bertz CT molecular complexity index is 3550. The van der Waals surface area contributed by atoms with Crippen LogP contribution in [0.15, 0.2) is 255 Å². The Balaban J connectivity index is 1.18. The van der Waals surface area contributed by atoms with Crippen LogP contribution < -0.4 is 20.7 Å². The lowest BCUT2D eigenvalue weighted by Gasteiger charge is -2.35. The molecule has 0 saturated carbocycles. The van der Waals surface area contributed by atoms with Crippen LogP contribution in [0, 0.1) is 0 Å². The van der Waals surface area contributed by atoms with E-state index in [0.717, 1.165) is 11.4 Å². The molecule has 0 radical (unpaired) electrons. The summed E-state index contributed by atoms with van der Waals surface area (Å²) in [5.41, 5.74) is 11.9. The van der Waals surface area contributed by atoms with E-state index >= 15 is 0 Å². The first kappa shape index (κ1) is 36.8. The molecule has 0 aliphatic rings. The minimum Gasteiger partial charge on any atom is -0.307 e. The minimum atomic E-state index is -2.99. The molecule has 12 rings (SSSR count). The first-order valence-electron chi connectivity index (χ1n) is 21.8. The van der Waals surface area contributed by atoms with Gasteiger partial charge in [-0.3, -0.25) is 0 Å². The molecule has 296 valence electrons. The zero-order valence-electron chi connectivity index (χ0n) is 34.6. The molecule has 2 nitrogen and oxygen atoms in total. The summed E-state index contributed by atoms with van der Waals surface area (Å²) < 4.78 is 5.03. The van der Waals surface area contributed by atoms with Gasteiger partial charge in [0.05, 0.1) is 27.8 Å². The van der Waals surface area contributed by atoms with Crippen molar-refractivity contribution in [2.75, 3.05) is 0 Å². The van der Waals surface area contributed by atoms with Gasteiger partial charge in [0.25, 0.3) is 0 Å². The fourth-order valence-corrected chi connectivity index (χ4v) is 15.4. The zero-order chi connectivity index (χ0) is 41.7. The molecule has 12 aromatic rings. The number of nitrogens with zero attached hydrogens (tertiary/aromatic N) is 2. The number of rotatable bonds is 8. The second-order valence-corrected chi connectivity index (χ2v) is 20.2. The highest BCUT2D eigenvalue weighted by atomic mass is 28.3. The van der Waals surface area contributed by atoms with Crippen LogP contribution in [-0.4, -0.2) is 17.2 Å². The summed E-state index contributed by atoms with van der Waals surface area (Å²) in [6, 6.07) is 94.3. The smallest absolute Gasteiger partial charge is 0.180 e. The summed E-state index contributed by atoms with van der Waals surface area (Å²) in [4.78, 5) is 0. The fraction of sp³-hybridized carbons (Fsp3) is 0. The van der Waals surface area contributed by atoms with Crippen molar-refractivity contribution in [1.29, 1.82) is 0 Å². The lowest BCUT2D eigenvalue weighted by Crippen LogP contribution is -2.74. The molecule has 0 aliphatic heterocycles. The molecule has 2 heterocycles. The average molecular weight is 819 g/mol. The maximum Gasteiger partial charge on any atom is 0.180 e. The molecule has 0 fully saturated rings. The molecule has 0 saturated heterocycles. The molecule has 3 heteroatoms. The Kier molecular flexibility index (Phi) is 8.87. The van der Waals surface area contributed by atoms with Crippen molar-refractivity contribution in [1.82, 2.24) is 9.13 Å². The predicted molar refractivity (Wildman–Crippen MR) is 270 cm³/mol. The Hall–Kier alpha value is -7.98. The van der Waals surface area contributed by atoms with E-state index in [-0.39, 0.29) is 0 Å².